The summed E-state index contributed by atoms with van der Waals surface area (Å²) in [5.41, 5.74) is 10.6. The summed E-state index contributed by atoms with van der Waals surface area (Å²) in [4.78, 5) is 33.1. The second kappa shape index (κ2) is 8.97. The lowest BCUT2D eigenvalue weighted by Crippen LogP contribution is -2.29. The molecule has 0 spiro atoms. The first-order valence-electron chi connectivity index (χ1n) is 10.3. The van der Waals surface area contributed by atoms with Crippen molar-refractivity contribution in [3.05, 3.63) is 94.7 Å². The number of carbonyl (C=O) groups is 2. The lowest BCUT2D eigenvalue weighted by Gasteiger charge is -2.20. The van der Waals surface area contributed by atoms with Crippen LogP contribution in [-0.4, -0.2) is 31.4 Å². The van der Waals surface area contributed by atoms with Gasteiger partial charge in [-0.2, -0.15) is 5.10 Å². The fraction of sp³-hybridized carbons (Fsp3) is 0.208. The largest absolute Gasteiger partial charge is 0.365 e. The van der Waals surface area contributed by atoms with Crippen LogP contribution in [0.2, 0.25) is 0 Å². The Labute approximate surface area is 185 Å². The zero-order chi connectivity index (χ0) is 22.7. The summed E-state index contributed by atoms with van der Waals surface area (Å²) < 4.78 is 1.60. The number of aryl methyl sites for hydroxylation is 2. The molecule has 162 valence electrons. The van der Waals surface area contributed by atoms with Crippen molar-refractivity contribution in [3.63, 3.8) is 0 Å². The summed E-state index contributed by atoms with van der Waals surface area (Å²) in [7, 11) is 0. The van der Waals surface area contributed by atoms with E-state index in [1.54, 1.807) is 16.9 Å². The van der Waals surface area contributed by atoms with Crippen LogP contribution in [-0.2, 0) is 11.2 Å². The molecule has 32 heavy (non-hydrogen) atoms. The molecule has 4 aromatic rings. The van der Waals surface area contributed by atoms with Gasteiger partial charge >= 0.3 is 0 Å². The fourth-order valence-electron chi connectivity index (χ4n) is 3.88. The van der Waals surface area contributed by atoms with Crippen LogP contribution < -0.4 is 11.1 Å². The summed E-state index contributed by atoms with van der Waals surface area (Å²) >= 11 is 0. The molecule has 0 radical (unpaired) electrons. The van der Waals surface area contributed by atoms with Gasteiger partial charge in [-0.1, -0.05) is 30.3 Å². The fourth-order valence-corrected chi connectivity index (χ4v) is 3.88. The SMILES string of the molecule is Cc1nc2c(C(N)=O)cnn2c(C)c1CCC(=O)NC(c1ccccc1)c1ccncc1. The highest BCUT2D eigenvalue weighted by Gasteiger charge is 2.19. The number of hydrogen-bond acceptors (Lipinski definition) is 5. The molecule has 4 rings (SSSR count). The average Bonchev–Trinajstić information content (AvgIpc) is 3.23. The number of amides is 2. The quantitative estimate of drug-likeness (QED) is 0.470. The van der Waals surface area contributed by atoms with Crippen molar-refractivity contribution in [1.82, 2.24) is 24.9 Å². The molecule has 1 atom stereocenters. The lowest BCUT2D eigenvalue weighted by molar-refractivity contribution is -0.121. The molecule has 2 amide bonds. The molecule has 0 saturated heterocycles. The van der Waals surface area contributed by atoms with Crippen LogP contribution in [0.1, 0.15) is 50.9 Å². The maximum Gasteiger partial charge on any atom is 0.254 e. The first-order chi connectivity index (χ1) is 15.5. The number of benzene rings is 1. The van der Waals surface area contributed by atoms with Gasteiger partial charge in [0.1, 0.15) is 5.56 Å². The average molecular weight is 428 g/mol. The molecule has 1 aromatic carbocycles. The lowest BCUT2D eigenvalue weighted by atomic mass is 9.99. The number of pyridine rings is 1. The van der Waals surface area contributed by atoms with E-state index in [-0.39, 0.29) is 23.9 Å². The minimum Gasteiger partial charge on any atom is -0.365 e. The van der Waals surface area contributed by atoms with Crippen LogP contribution in [0.25, 0.3) is 5.65 Å². The highest BCUT2D eigenvalue weighted by atomic mass is 16.2. The summed E-state index contributed by atoms with van der Waals surface area (Å²) in [6, 6.07) is 13.4. The number of rotatable bonds is 7. The van der Waals surface area contributed by atoms with Gasteiger partial charge in [-0.15, -0.1) is 0 Å². The second-order valence-corrected chi connectivity index (χ2v) is 7.61. The first kappa shape index (κ1) is 21.2. The van der Waals surface area contributed by atoms with E-state index in [9.17, 15) is 9.59 Å². The molecule has 3 aromatic heterocycles. The molecule has 3 heterocycles. The van der Waals surface area contributed by atoms with Gasteiger partial charge in [-0.05, 0) is 49.1 Å². The molecular formula is C24H24N6O2. The minimum atomic E-state index is -0.568. The monoisotopic (exact) mass is 428 g/mol. The Balaban J connectivity index is 1.54. The summed E-state index contributed by atoms with van der Waals surface area (Å²) in [5.74, 6) is -0.644. The number of nitrogens with zero attached hydrogens (tertiary/aromatic N) is 4. The summed E-state index contributed by atoms with van der Waals surface area (Å²) in [6.45, 7) is 3.76. The van der Waals surface area contributed by atoms with Crippen LogP contribution in [0, 0.1) is 13.8 Å². The number of carbonyl (C=O) groups excluding carboxylic acids is 2. The Morgan fingerprint density at radius 2 is 1.75 bits per heavy atom. The van der Waals surface area contributed by atoms with E-state index in [1.807, 2.05) is 56.3 Å². The Bertz CT molecular complexity index is 1230. The molecule has 0 bridgehead atoms. The number of aromatic nitrogens is 4. The molecule has 3 N–H and O–H groups in total. The van der Waals surface area contributed by atoms with E-state index >= 15 is 0 Å². The Morgan fingerprint density at radius 3 is 2.44 bits per heavy atom. The minimum absolute atomic E-state index is 0.0761. The zero-order valence-corrected chi connectivity index (χ0v) is 17.9. The molecular weight excluding hydrogens is 404 g/mol. The Kier molecular flexibility index (Phi) is 5.93. The van der Waals surface area contributed by atoms with Gasteiger partial charge in [-0.3, -0.25) is 14.6 Å². The molecule has 0 aliphatic carbocycles. The number of fused-ring (bicyclic) bond motifs is 1. The van der Waals surface area contributed by atoms with E-state index in [1.165, 1.54) is 6.20 Å². The zero-order valence-electron chi connectivity index (χ0n) is 17.9. The number of nitrogens with one attached hydrogen (secondary N) is 1. The van der Waals surface area contributed by atoms with Crippen LogP contribution in [0.3, 0.4) is 0 Å². The van der Waals surface area contributed by atoms with Crippen molar-refractivity contribution in [2.24, 2.45) is 5.73 Å². The number of nitrogens with two attached hydrogens (primary N) is 1. The predicted octanol–water partition coefficient (Wildman–Crippen LogP) is 2.68. The Morgan fingerprint density at radius 1 is 1.06 bits per heavy atom. The van der Waals surface area contributed by atoms with E-state index in [4.69, 9.17) is 5.73 Å². The Hall–Kier alpha value is -4.07. The molecule has 0 aliphatic heterocycles. The molecule has 1 unspecified atom stereocenters. The maximum atomic E-state index is 12.9. The third-order valence-electron chi connectivity index (χ3n) is 5.55. The van der Waals surface area contributed by atoms with Crippen molar-refractivity contribution in [3.8, 4) is 0 Å². The maximum absolute atomic E-state index is 12.9. The standard InChI is InChI=1S/C24H24N6O2/c1-15-19(16(2)30-24(28-15)20(14-27-30)23(25)32)8-9-21(31)29-22(17-6-4-3-5-7-17)18-10-12-26-13-11-18/h3-7,10-14,22H,8-9H2,1-2H3,(H2,25,32)(H,29,31). The highest BCUT2D eigenvalue weighted by Crippen LogP contribution is 2.22. The van der Waals surface area contributed by atoms with Gasteiger partial charge in [0.25, 0.3) is 5.91 Å². The van der Waals surface area contributed by atoms with Crippen molar-refractivity contribution in [2.45, 2.75) is 32.7 Å². The number of hydrogen-bond donors (Lipinski definition) is 2. The van der Waals surface area contributed by atoms with Crippen LogP contribution in [0.5, 0.6) is 0 Å². The summed E-state index contributed by atoms with van der Waals surface area (Å²) in [6.07, 6.45) is 5.64. The van der Waals surface area contributed by atoms with Crippen molar-refractivity contribution < 1.29 is 9.59 Å². The highest BCUT2D eigenvalue weighted by molar-refractivity contribution is 5.98. The van der Waals surface area contributed by atoms with Crippen LogP contribution in [0.4, 0.5) is 0 Å². The third kappa shape index (κ3) is 4.20. The van der Waals surface area contributed by atoms with Crippen LogP contribution >= 0.6 is 0 Å². The normalized spacial score (nSPS) is 11.9. The topological polar surface area (TPSA) is 115 Å². The second-order valence-electron chi connectivity index (χ2n) is 7.61. The van der Waals surface area contributed by atoms with Gasteiger partial charge in [0.05, 0.1) is 12.2 Å². The summed E-state index contributed by atoms with van der Waals surface area (Å²) in [5, 5.41) is 7.39. The smallest absolute Gasteiger partial charge is 0.254 e. The molecule has 0 fully saturated rings. The molecule has 8 heteroatoms. The van der Waals surface area contributed by atoms with Crippen molar-refractivity contribution >= 4 is 17.5 Å². The van der Waals surface area contributed by atoms with E-state index in [2.05, 4.69) is 20.4 Å². The number of primary amides is 1. The van der Waals surface area contributed by atoms with Gasteiger partial charge in [0.2, 0.25) is 5.91 Å². The van der Waals surface area contributed by atoms with E-state index in [0.29, 0.717) is 12.1 Å². The molecule has 0 aliphatic rings. The predicted molar refractivity (Wildman–Crippen MR) is 120 cm³/mol. The van der Waals surface area contributed by atoms with Crippen molar-refractivity contribution in [1.29, 1.82) is 0 Å². The first-order valence-corrected chi connectivity index (χ1v) is 10.3. The third-order valence-corrected chi connectivity index (χ3v) is 5.55. The van der Waals surface area contributed by atoms with Gasteiger partial charge in [-0.25, -0.2) is 9.50 Å². The van der Waals surface area contributed by atoms with E-state index < -0.39 is 5.91 Å². The van der Waals surface area contributed by atoms with Gasteiger partial charge in [0, 0.05) is 30.2 Å². The molecule has 0 saturated carbocycles. The van der Waals surface area contributed by atoms with Crippen molar-refractivity contribution in [2.75, 3.05) is 0 Å². The van der Waals surface area contributed by atoms with Gasteiger partial charge < -0.3 is 11.1 Å². The van der Waals surface area contributed by atoms with Gasteiger partial charge in [0.15, 0.2) is 5.65 Å². The van der Waals surface area contributed by atoms with Crippen LogP contribution in [0.15, 0.2) is 61.1 Å². The molecule has 8 nitrogen and oxygen atoms in total. The van der Waals surface area contributed by atoms with E-state index in [0.717, 1.165) is 28.1 Å².